The summed E-state index contributed by atoms with van der Waals surface area (Å²) in [4.78, 5) is 1.43. The van der Waals surface area contributed by atoms with Crippen molar-refractivity contribution in [3.8, 4) is 5.88 Å². The maximum absolute atomic E-state index is 5.19. The Balaban J connectivity index is 1.72. The summed E-state index contributed by atoms with van der Waals surface area (Å²) < 4.78 is 5.19. The summed E-state index contributed by atoms with van der Waals surface area (Å²) in [5.74, 6) is 2.02. The molecule has 1 saturated heterocycles. The third-order valence-electron chi connectivity index (χ3n) is 2.79. The second-order valence-electron chi connectivity index (χ2n) is 4.01. The van der Waals surface area contributed by atoms with E-state index in [2.05, 4.69) is 20.7 Å². The minimum absolute atomic E-state index is 0.600. The summed E-state index contributed by atoms with van der Waals surface area (Å²) >= 11 is 0. The summed E-state index contributed by atoms with van der Waals surface area (Å²) in [5, 5.41) is 15.6. The van der Waals surface area contributed by atoms with Crippen molar-refractivity contribution in [1.82, 2.24) is 25.5 Å². The maximum atomic E-state index is 5.19. The summed E-state index contributed by atoms with van der Waals surface area (Å²) in [7, 11) is 0. The third kappa shape index (κ3) is 1.83. The molecule has 2 aromatic rings. The molecule has 0 aliphatic carbocycles. The lowest BCUT2D eigenvalue weighted by molar-refractivity contribution is 0.492. The first-order valence-corrected chi connectivity index (χ1v) is 5.45. The molecule has 3 heterocycles. The van der Waals surface area contributed by atoms with Crippen LogP contribution in [0.4, 0.5) is 0 Å². The topological polar surface area (TPSA) is 68.8 Å². The molecular weight excluding hydrogens is 206 g/mol. The number of tetrazole rings is 1. The summed E-state index contributed by atoms with van der Waals surface area (Å²) in [6.45, 7) is 2.15. The normalized spacial score (nSPS) is 20.4. The number of nitrogens with one attached hydrogen (secondary N) is 1. The van der Waals surface area contributed by atoms with Gasteiger partial charge in [0.15, 0.2) is 5.82 Å². The van der Waals surface area contributed by atoms with Gasteiger partial charge in [-0.1, -0.05) is 4.80 Å². The van der Waals surface area contributed by atoms with Crippen molar-refractivity contribution in [2.75, 3.05) is 13.1 Å². The molecule has 6 heteroatoms. The van der Waals surface area contributed by atoms with Gasteiger partial charge in [-0.2, -0.15) is 0 Å². The zero-order valence-electron chi connectivity index (χ0n) is 8.83. The summed E-state index contributed by atoms with van der Waals surface area (Å²) in [5.41, 5.74) is 0. The van der Waals surface area contributed by atoms with Crippen LogP contribution in [0.1, 0.15) is 12.2 Å². The monoisotopic (exact) mass is 219 g/mol. The lowest BCUT2D eigenvalue weighted by Crippen LogP contribution is -2.11. The second-order valence-corrected chi connectivity index (χ2v) is 4.01. The zero-order chi connectivity index (χ0) is 10.8. The van der Waals surface area contributed by atoms with Crippen molar-refractivity contribution in [3.63, 3.8) is 0 Å². The van der Waals surface area contributed by atoms with Crippen LogP contribution in [-0.2, 0) is 6.42 Å². The standard InChI is InChI=1S/C10H13N5O/c1-2-10(16-5-1)15-13-9(12-14-15)6-8-3-4-11-7-8/h1-2,5,8,11H,3-4,6-7H2. The van der Waals surface area contributed by atoms with Crippen molar-refractivity contribution < 1.29 is 4.42 Å². The van der Waals surface area contributed by atoms with Crippen molar-refractivity contribution in [3.05, 3.63) is 24.2 Å². The molecular formula is C10H13N5O. The number of furan rings is 1. The molecule has 0 bridgehead atoms. The molecule has 3 rings (SSSR count). The zero-order valence-corrected chi connectivity index (χ0v) is 8.83. The minimum atomic E-state index is 0.600. The average Bonchev–Trinajstić information content (AvgIpc) is 2.99. The Morgan fingerprint density at radius 1 is 1.56 bits per heavy atom. The van der Waals surface area contributed by atoms with Gasteiger partial charge in [-0.05, 0) is 36.7 Å². The predicted molar refractivity (Wildman–Crippen MR) is 56.1 cm³/mol. The van der Waals surface area contributed by atoms with Crippen LogP contribution in [0.25, 0.3) is 5.88 Å². The Kier molecular flexibility index (Phi) is 2.41. The molecule has 16 heavy (non-hydrogen) atoms. The molecule has 1 aliphatic heterocycles. The Bertz CT molecular complexity index is 443. The third-order valence-corrected chi connectivity index (χ3v) is 2.79. The van der Waals surface area contributed by atoms with Crippen LogP contribution in [0.3, 0.4) is 0 Å². The molecule has 1 fully saturated rings. The van der Waals surface area contributed by atoms with E-state index >= 15 is 0 Å². The van der Waals surface area contributed by atoms with E-state index < -0.39 is 0 Å². The second kappa shape index (κ2) is 4.05. The lowest BCUT2D eigenvalue weighted by atomic mass is 10.1. The summed E-state index contributed by atoms with van der Waals surface area (Å²) in [6, 6.07) is 3.61. The van der Waals surface area contributed by atoms with E-state index in [1.54, 1.807) is 12.3 Å². The lowest BCUT2D eigenvalue weighted by Gasteiger charge is -2.02. The molecule has 0 amide bonds. The average molecular weight is 219 g/mol. The van der Waals surface area contributed by atoms with E-state index in [1.807, 2.05) is 6.07 Å². The van der Waals surface area contributed by atoms with Gasteiger partial charge in [0.25, 0.3) is 0 Å². The number of hydrogen-bond acceptors (Lipinski definition) is 5. The van der Waals surface area contributed by atoms with Crippen molar-refractivity contribution in [2.45, 2.75) is 12.8 Å². The van der Waals surface area contributed by atoms with Gasteiger partial charge in [0, 0.05) is 12.5 Å². The van der Waals surface area contributed by atoms with E-state index in [0.717, 1.165) is 25.3 Å². The largest absolute Gasteiger partial charge is 0.445 e. The van der Waals surface area contributed by atoms with Gasteiger partial charge in [-0.3, -0.25) is 0 Å². The van der Waals surface area contributed by atoms with Crippen LogP contribution in [0, 0.1) is 5.92 Å². The van der Waals surface area contributed by atoms with Crippen LogP contribution in [0.15, 0.2) is 22.8 Å². The van der Waals surface area contributed by atoms with Gasteiger partial charge in [0.1, 0.15) is 0 Å². The fourth-order valence-electron chi connectivity index (χ4n) is 1.95. The van der Waals surface area contributed by atoms with Gasteiger partial charge in [-0.15, -0.1) is 10.2 Å². The highest BCUT2D eigenvalue weighted by atomic mass is 16.3. The fraction of sp³-hybridized carbons (Fsp3) is 0.500. The molecule has 6 nitrogen and oxygen atoms in total. The molecule has 0 spiro atoms. The van der Waals surface area contributed by atoms with Crippen LogP contribution in [0.5, 0.6) is 0 Å². The summed E-state index contributed by atoms with van der Waals surface area (Å²) in [6.07, 6.45) is 3.67. The number of hydrogen-bond donors (Lipinski definition) is 1. The Morgan fingerprint density at radius 2 is 2.56 bits per heavy atom. The molecule has 0 aromatic carbocycles. The number of aromatic nitrogens is 4. The SMILES string of the molecule is c1coc(-n2nnc(CC3CCNC3)n2)c1. The van der Waals surface area contributed by atoms with E-state index in [4.69, 9.17) is 4.42 Å². The molecule has 2 aromatic heterocycles. The minimum Gasteiger partial charge on any atom is -0.445 e. The number of rotatable bonds is 3. The van der Waals surface area contributed by atoms with Gasteiger partial charge in [-0.25, -0.2) is 0 Å². The highest BCUT2D eigenvalue weighted by molar-refractivity contribution is 5.12. The van der Waals surface area contributed by atoms with Gasteiger partial charge >= 0.3 is 0 Å². The van der Waals surface area contributed by atoms with E-state index in [9.17, 15) is 0 Å². The molecule has 1 atom stereocenters. The van der Waals surface area contributed by atoms with Crippen LogP contribution < -0.4 is 5.32 Å². The van der Waals surface area contributed by atoms with Crippen LogP contribution in [-0.4, -0.2) is 33.3 Å². The first kappa shape index (κ1) is 9.53. The van der Waals surface area contributed by atoms with Crippen molar-refractivity contribution >= 4 is 0 Å². The van der Waals surface area contributed by atoms with Crippen molar-refractivity contribution in [2.24, 2.45) is 5.92 Å². The quantitative estimate of drug-likeness (QED) is 0.809. The Labute approximate surface area is 92.6 Å². The molecule has 0 radical (unpaired) electrons. The van der Waals surface area contributed by atoms with Gasteiger partial charge in [0.05, 0.1) is 6.26 Å². The maximum Gasteiger partial charge on any atom is 0.239 e. The Morgan fingerprint density at radius 3 is 3.31 bits per heavy atom. The fourth-order valence-corrected chi connectivity index (χ4v) is 1.95. The molecule has 84 valence electrons. The number of nitrogens with zero attached hydrogens (tertiary/aromatic N) is 4. The molecule has 1 N–H and O–H groups in total. The van der Waals surface area contributed by atoms with E-state index in [-0.39, 0.29) is 0 Å². The van der Waals surface area contributed by atoms with E-state index in [0.29, 0.717) is 11.8 Å². The van der Waals surface area contributed by atoms with E-state index in [1.165, 1.54) is 11.2 Å². The smallest absolute Gasteiger partial charge is 0.239 e. The first-order valence-electron chi connectivity index (χ1n) is 5.45. The highest BCUT2D eigenvalue weighted by Gasteiger charge is 2.17. The predicted octanol–water partition coefficient (Wildman–Crippen LogP) is 0.407. The molecule has 1 aliphatic rings. The molecule has 0 saturated carbocycles. The molecule has 1 unspecified atom stereocenters. The van der Waals surface area contributed by atoms with Gasteiger partial charge in [0.2, 0.25) is 5.88 Å². The van der Waals surface area contributed by atoms with Crippen molar-refractivity contribution in [1.29, 1.82) is 0 Å². The Hall–Kier alpha value is -1.69. The van der Waals surface area contributed by atoms with Crippen LogP contribution >= 0.6 is 0 Å². The highest BCUT2D eigenvalue weighted by Crippen LogP contribution is 2.12. The van der Waals surface area contributed by atoms with Gasteiger partial charge < -0.3 is 9.73 Å². The van der Waals surface area contributed by atoms with Crippen LogP contribution in [0.2, 0.25) is 0 Å². The first-order chi connectivity index (χ1) is 7.92.